The average Bonchev–Trinajstić information content (AvgIpc) is 2.16. The number of rotatable bonds is 4. The van der Waals surface area contributed by atoms with Gasteiger partial charge in [0.05, 0.1) is 6.61 Å². The van der Waals surface area contributed by atoms with Crippen molar-refractivity contribution in [2.24, 2.45) is 0 Å². The molecule has 1 rings (SSSR count). The highest BCUT2D eigenvalue weighted by Gasteiger charge is 2.18. The molecule has 0 heterocycles. The summed E-state index contributed by atoms with van der Waals surface area (Å²) < 4.78 is 28.0. The molecule has 0 aliphatic heterocycles. The molecular weight excluding hydrogens is 210 g/mol. The van der Waals surface area contributed by atoms with Crippen molar-refractivity contribution in [1.82, 2.24) is 0 Å². The first-order chi connectivity index (χ1) is 7.06. The van der Waals surface area contributed by atoms with Crippen LogP contribution >= 0.6 is 0 Å². The van der Waals surface area contributed by atoms with E-state index >= 15 is 0 Å². The van der Waals surface area contributed by atoms with Crippen molar-refractivity contribution < 1.29 is 28.5 Å². The zero-order chi connectivity index (χ0) is 11.4. The van der Waals surface area contributed by atoms with E-state index < -0.39 is 30.5 Å². The highest BCUT2D eigenvalue weighted by molar-refractivity contribution is 5.91. The van der Waals surface area contributed by atoms with Crippen molar-refractivity contribution in [3.05, 3.63) is 29.3 Å². The fourth-order valence-corrected chi connectivity index (χ4v) is 1.11. The number of carboxylic acids is 1. The second kappa shape index (κ2) is 4.70. The van der Waals surface area contributed by atoms with Gasteiger partial charge in [-0.3, -0.25) is 0 Å². The average molecular weight is 218 g/mol. The predicted molar refractivity (Wildman–Crippen MR) is 46.0 cm³/mol. The molecule has 0 radical (unpaired) electrons. The maximum Gasteiger partial charge on any atom is 0.387 e. The summed E-state index contributed by atoms with van der Waals surface area (Å²) in [6.07, 6.45) is 0. The largest absolute Gasteiger partial charge is 0.478 e. The van der Waals surface area contributed by atoms with E-state index in [4.69, 9.17) is 10.2 Å². The molecular formula is C9H8F2O4. The standard InChI is InChI=1S/C9H8F2O4/c10-9(11)15-7-5(4-12)2-1-3-6(7)8(13)14/h1-3,9,12H,4H2,(H,13,14). The van der Waals surface area contributed by atoms with E-state index in [1.54, 1.807) is 0 Å². The van der Waals surface area contributed by atoms with Crippen LogP contribution in [0.1, 0.15) is 15.9 Å². The lowest BCUT2D eigenvalue weighted by atomic mass is 10.1. The van der Waals surface area contributed by atoms with Crippen LogP contribution in [0.15, 0.2) is 18.2 Å². The van der Waals surface area contributed by atoms with Gasteiger partial charge in [-0.1, -0.05) is 12.1 Å². The van der Waals surface area contributed by atoms with Crippen LogP contribution in [0.5, 0.6) is 5.75 Å². The number of carbonyl (C=O) groups is 1. The molecule has 0 aromatic heterocycles. The Morgan fingerprint density at radius 1 is 1.47 bits per heavy atom. The molecule has 0 bridgehead atoms. The van der Waals surface area contributed by atoms with Gasteiger partial charge in [0.15, 0.2) is 0 Å². The number of halogens is 2. The zero-order valence-corrected chi connectivity index (χ0v) is 7.48. The van der Waals surface area contributed by atoms with E-state index in [0.717, 1.165) is 6.07 Å². The number of alkyl halides is 2. The monoisotopic (exact) mass is 218 g/mol. The van der Waals surface area contributed by atoms with E-state index in [9.17, 15) is 13.6 Å². The fourth-order valence-electron chi connectivity index (χ4n) is 1.11. The van der Waals surface area contributed by atoms with Gasteiger partial charge in [-0.15, -0.1) is 0 Å². The maximum atomic E-state index is 12.0. The number of hydrogen-bond acceptors (Lipinski definition) is 3. The van der Waals surface area contributed by atoms with Crippen LogP contribution in [0.4, 0.5) is 8.78 Å². The van der Waals surface area contributed by atoms with Gasteiger partial charge < -0.3 is 14.9 Å². The molecule has 0 aliphatic carbocycles. The van der Waals surface area contributed by atoms with E-state index in [1.165, 1.54) is 12.1 Å². The van der Waals surface area contributed by atoms with E-state index in [1.807, 2.05) is 0 Å². The van der Waals surface area contributed by atoms with E-state index in [-0.39, 0.29) is 5.56 Å². The van der Waals surface area contributed by atoms with Crippen molar-refractivity contribution in [3.8, 4) is 5.75 Å². The van der Waals surface area contributed by atoms with E-state index in [0.29, 0.717) is 0 Å². The van der Waals surface area contributed by atoms with Crippen molar-refractivity contribution in [1.29, 1.82) is 0 Å². The molecule has 2 N–H and O–H groups in total. The Labute approximate surface area is 83.7 Å². The van der Waals surface area contributed by atoms with Gasteiger partial charge in [-0.25, -0.2) is 4.79 Å². The van der Waals surface area contributed by atoms with Crippen LogP contribution in [-0.4, -0.2) is 22.8 Å². The molecule has 4 nitrogen and oxygen atoms in total. The minimum atomic E-state index is -3.13. The lowest BCUT2D eigenvalue weighted by Crippen LogP contribution is -2.10. The van der Waals surface area contributed by atoms with Gasteiger partial charge in [0.2, 0.25) is 0 Å². The first-order valence-electron chi connectivity index (χ1n) is 3.97. The quantitative estimate of drug-likeness (QED) is 0.803. The highest BCUT2D eigenvalue weighted by Crippen LogP contribution is 2.25. The summed E-state index contributed by atoms with van der Waals surface area (Å²) in [6.45, 7) is -3.70. The van der Waals surface area contributed by atoms with Gasteiger partial charge in [0, 0.05) is 5.56 Å². The van der Waals surface area contributed by atoms with Crippen molar-refractivity contribution in [3.63, 3.8) is 0 Å². The SMILES string of the molecule is O=C(O)c1cccc(CO)c1OC(F)F. The Balaban J connectivity index is 3.20. The van der Waals surface area contributed by atoms with Crippen LogP contribution < -0.4 is 4.74 Å². The first kappa shape index (κ1) is 11.4. The number of ether oxygens (including phenoxy) is 1. The number of hydrogen-bond donors (Lipinski definition) is 2. The molecule has 0 unspecified atom stereocenters. The van der Waals surface area contributed by atoms with Crippen molar-refractivity contribution in [2.75, 3.05) is 0 Å². The second-order valence-corrected chi connectivity index (χ2v) is 2.64. The summed E-state index contributed by atoms with van der Waals surface area (Å²) in [7, 11) is 0. The van der Waals surface area contributed by atoms with Gasteiger partial charge >= 0.3 is 12.6 Å². The molecule has 1 aromatic carbocycles. The Morgan fingerprint density at radius 2 is 2.13 bits per heavy atom. The minimum absolute atomic E-state index is 0.00944. The molecule has 0 saturated carbocycles. The van der Waals surface area contributed by atoms with Crippen LogP contribution in [0, 0.1) is 0 Å². The minimum Gasteiger partial charge on any atom is -0.478 e. The van der Waals surface area contributed by atoms with Crippen LogP contribution in [-0.2, 0) is 6.61 Å². The topological polar surface area (TPSA) is 66.8 Å². The number of para-hydroxylation sites is 1. The smallest absolute Gasteiger partial charge is 0.387 e. The third-order valence-corrected chi connectivity index (χ3v) is 1.70. The lowest BCUT2D eigenvalue weighted by molar-refractivity contribution is -0.0514. The summed E-state index contributed by atoms with van der Waals surface area (Å²) in [5.74, 6) is -1.89. The van der Waals surface area contributed by atoms with Gasteiger partial charge in [0.1, 0.15) is 11.3 Å². The van der Waals surface area contributed by atoms with Gasteiger partial charge in [-0.05, 0) is 6.07 Å². The molecule has 0 atom stereocenters. The normalized spacial score (nSPS) is 10.4. The Hall–Kier alpha value is -1.69. The summed E-state index contributed by atoms with van der Waals surface area (Å²) in [5.41, 5.74) is -0.392. The molecule has 0 aliphatic rings. The van der Waals surface area contributed by atoms with Crippen LogP contribution in [0.3, 0.4) is 0 Å². The third-order valence-electron chi connectivity index (χ3n) is 1.70. The molecule has 15 heavy (non-hydrogen) atoms. The highest BCUT2D eigenvalue weighted by atomic mass is 19.3. The third kappa shape index (κ3) is 2.63. The molecule has 1 aromatic rings. The zero-order valence-electron chi connectivity index (χ0n) is 7.48. The number of carboxylic acid groups (broad SMARTS) is 1. The summed E-state index contributed by atoms with van der Waals surface area (Å²) in [4.78, 5) is 10.7. The van der Waals surface area contributed by atoms with Crippen molar-refractivity contribution in [2.45, 2.75) is 13.2 Å². The molecule has 0 saturated heterocycles. The van der Waals surface area contributed by atoms with E-state index in [2.05, 4.69) is 4.74 Å². The maximum absolute atomic E-state index is 12.0. The Bertz CT molecular complexity index is 365. The Morgan fingerprint density at radius 3 is 2.60 bits per heavy atom. The molecule has 0 amide bonds. The lowest BCUT2D eigenvalue weighted by Gasteiger charge is -2.11. The number of aliphatic hydroxyl groups is 1. The number of aromatic carboxylic acids is 1. The number of aliphatic hydroxyl groups excluding tert-OH is 1. The van der Waals surface area contributed by atoms with Gasteiger partial charge in [-0.2, -0.15) is 8.78 Å². The fraction of sp³-hybridized carbons (Fsp3) is 0.222. The molecule has 0 spiro atoms. The Kier molecular flexibility index (Phi) is 3.56. The van der Waals surface area contributed by atoms with Crippen molar-refractivity contribution >= 4 is 5.97 Å². The second-order valence-electron chi connectivity index (χ2n) is 2.64. The summed E-state index contributed by atoms with van der Waals surface area (Å²) in [5, 5.41) is 17.5. The van der Waals surface area contributed by atoms with Crippen LogP contribution in [0.25, 0.3) is 0 Å². The van der Waals surface area contributed by atoms with Gasteiger partial charge in [0.25, 0.3) is 0 Å². The molecule has 6 heteroatoms. The summed E-state index contributed by atoms with van der Waals surface area (Å²) >= 11 is 0. The summed E-state index contributed by atoms with van der Waals surface area (Å²) in [6, 6.07) is 3.77. The molecule has 0 fully saturated rings. The molecule has 82 valence electrons. The number of benzene rings is 1. The predicted octanol–water partition coefficient (Wildman–Crippen LogP) is 1.48. The van der Waals surface area contributed by atoms with Crippen LogP contribution in [0.2, 0.25) is 0 Å². The first-order valence-corrected chi connectivity index (χ1v) is 3.97.